The summed E-state index contributed by atoms with van der Waals surface area (Å²) in [5.41, 5.74) is 1.05. The van der Waals surface area contributed by atoms with E-state index in [1.54, 1.807) is 17.1 Å². The topological polar surface area (TPSA) is 37.6 Å². The van der Waals surface area contributed by atoms with Crippen molar-refractivity contribution in [3.8, 4) is 0 Å². The number of benzene rings is 1. The van der Waals surface area contributed by atoms with Crippen molar-refractivity contribution in [1.29, 1.82) is 0 Å². The maximum Gasteiger partial charge on any atom is 0.0873 e. The van der Waals surface area contributed by atoms with Crippen molar-refractivity contribution in [1.82, 2.24) is 4.68 Å². The van der Waals surface area contributed by atoms with Crippen LogP contribution in [0.4, 0.5) is 0 Å². The Hall–Kier alpha value is -2.10. The number of hydrogen-bond donors (Lipinski definition) is 0. The summed E-state index contributed by atoms with van der Waals surface area (Å²) in [5, 5.41) is 4.33. The lowest BCUT2D eigenvalue weighted by Gasteiger charge is -2.15. The van der Waals surface area contributed by atoms with Crippen molar-refractivity contribution in [2.75, 3.05) is 5.12 Å². The van der Waals surface area contributed by atoms with Gasteiger partial charge in [0.25, 0.3) is 0 Å². The van der Waals surface area contributed by atoms with Crippen molar-refractivity contribution in [3.63, 3.8) is 0 Å². The summed E-state index contributed by atoms with van der Waals surface area (Å²) >= 11 is 0. The summed E-state index contributed by atoms with van der Waals surface area (Å²) in [6, 6.07) is 13.4. The molecule has 1 heterocycles. The van der Waals surface area contributed by atoms with Gasteiger partial charge in [-0.25, -0.2) is 4.68 Å². The SMILES string of the molecule is O=NN(Cc1ccccc1)n1cccc1. The zero-order chi connectivity index (χ0) is 10.5. The highest BCUT2D eigenvalue weighted by Crippen LogP contribution is 2.04. The quantitative estimate of drug-likeness (QED) is 0.562. The second-order valence-corrected chi connectivity index (χ2v) is 3.16. The molecular weight excluding hydrogens is 190 g/mol. The molecule has 0 aliphatic heterocycles. The summed E-state index contributed by atoms with van der Waals surface area (Å²) < 4.78 is 1.65. The third-order valence-electron chi connectivity index (χ3n) is 2.12. The highest BCUT2D eigenvalue weighted by Gasteiger charge is 2.04. The van der Waals surface area contributed by atoms with Crippen molar-refractivity contribution in [3.05, 3.63) is 65.3 Å². The van der Waals surface area contributed by atoms with E-state index in [0.717, 1.165) is 5.56 Å². The molecule has 0 radical (unpaired) electrons. The van der Waals surface area contributed by atoms with Gasteiger partial charge in [0.05, 0.1) is 11.8 Å². The molecule has 2 rings (SSSR count). The van der Waals surface area contributed by atoms with E-state index in [2.05, 4.69) is 5.29 Å². The van der Waals surface area contributed by atoms with Crippen molar-refractivity contribution in [2.24, 2.45) is 5.29 Å². The molecule has 0 unspecified atom stereocenters. The minimum atomic E-state index is 0.471. The molecule has 0 aliphatic rings. The van der Waals surface area contributed by atoms with E-state index in [-0.39, 0.29) is 0 Å². The average Bonchev–Trinajstić information content (AvgIpc) is 2.81. The molecule has 2 aromatic rings. The monoisotopic (exact) mass is 201 g/mol. The highest BCUT2D eigenvalue weighted by molar-refractivity contribution is 5.16. The number of nitrogens with zero attached hydrogens (tertiary/aromatic N) is 3. The van der Waals surface area contributed by atoms with Crippen LogP contribution >= 0.6 is 0 Å². The standard InChI is InChI=1S/C11H11N3O/c15-12-14(13-8-4-5-9-13)10-11-6-2-1-3-7-11/h1-9H,10H2. The van der Waals surface area contributed by atoms with Gasteiger partial charge >= 0.3 is 0 Å². The summed E-state index contributed by atoms with van der Waals surface area (Å²) in [6.07, 6.45) is 3.56. The van der Waals surface area contributed by atoms with Crippen LogP contribution < -0.4 is 5.12 Å². The summed E-state index contributed by atoms with van der Waals surface area (Å²) in [5.74, 6) is 0. The van der Waals surface area contributed by atoms with E-state index in [0.29, 0.717) is 6.54 Å². The molecule has 0 amide bonds. The molecule has 0 fully saturated rings. The predicted octanol–water partition coefficient (Wildman–Crippen LogP) is 2.31. The van der Waals surface area contributed by atoms with Crippen LogP contribution in [0.15, 0.2) is 60.1 Å². The van der Waals surface area contributed by atoms with Crippen LogP contribution in [0.3, 0.4) is 0 Å². The van der Waals surface area contributed by atoms with Gasteiger partial charge in [0, 0.05) is 12.4 Å². The largest absolute Gasteiger partial charge is 0.250 e. The van der Waals surface area contributed by atoms with E-state index in [1.807, 2.05) is 42.5 Å². The first-order valence-electron chi connectivity index (χ1n) is 4.68. The van der Waals surface area contributed by atoms with Gasteiger partial charge in [0.15, 0.2) is 0 Å². The molecule has 4 nitrogen and oxygen atoms in total. The van der Waals surface area contributed by atoms with Crippen LogP contribution in [0.5, 0.6) is 0 Å². The smallest absolute Gasteiger partial charge is 0.0873 e. The Morgan fingerprint density at radius 2 is 1.73 bits per heavy atom. The van der Waals surface area contributed by atoms with Gasteiger partial charge in [0.2, 0.25) is 0 Å². The van der Waals surface area contributed by atoms with Gasteiger partial charge in [-0.05, 0) is 17.7 Å². The van der Waals surface area contributed by atoms with Crippen LogP contribution in [-0.2, 0) is 6.54 Å². The fourth-order valence-electron chi connectivity index (χ4n) is 1.38. The second-order valence-electron chi connectivity index (χ2n) is 3.16. The molecular formula is C11H11N3O. The maximum atomic E-state index is 10.7. The van der Waals surface area contributed by atoms with Crippen molar-refractivity contribution >= 4 is 0 Å². The Balaban J connectivity index is 2.13. The average molecular weight is 201 g/mol. The molecule has 1 aromatic carbocycles. The van der Waals surface area contributed by atoms with Crippen LogP contribution in [0.1, 0.15) is 5.56 Å². The Kier molecular flexibility index (Phi) is 2.78. The van der Waals surface area contributed by atoms with E-state index in [4.69, 9.17) is 0 Å². The molecule has 0 bridgehead atoms. The third kappa shape index (κ3) is 2.22. The first-order chi connectivity index (χ1) is 7.40. The van der Waals surface area contributed by atoms with E-state index in [1.165, 1.54) is 5.12 Å². The van der Waals surface area contributed by atoms with E-state index >= 15 is 0 Å². The molecule has 15 heavy (non-hydrogen) atoms. The van der Waals surface area contributed by atoms with Gasteiger partial charge in [0.1, 0.15) is 0 Å². The van der Waals surface area contributed by atoms with Crippen molar-refractivity contribution in [2.45, 2.75) is 6.54 Å². The lowest BCUT2D eigenvalue weighted by Crippen LogP contribution is -2.26. The lowest BCUT2D eigenvalue weighted by molar-refractivity contribution is 0.603. The molecule has 4 heteroatoms. The van der Waals surface area contributed by atoms with Gasteiger partial charge in [-0.2, -0.15) is 5.12 Å². The van der Waals surface area contributed by atoms with Gasteiger partial charge in [-0.15, -0.1) is 4.91 Å². The number of aromatic nitrogens is 1. The maximum absolute atomic E-state index is 10.7. The Labute approximate surface area is 87.7 Å². The molecule has 0 N–H and O–H groups in total. The molecule has 0 aliphatic carbocycles. The van der Waals surface area contributed by atoms with Gasteiger partial charge < -0.3 is 0 Å². The van der Waals surface area contributed by atoms with Crippen LogP contribution in [0.25, 0.3) is 0 Å². The summed E-state index contributed by atoms with van der Waals surface area (Å²) in [7, 11) is 0. The minimum Gasteiger partial charge on any atom is -0.250 e. The van der Waals surface area contributed by atoms with Gasteiger partial charge in [-0.3, -0.25) is 0 Å². The normalized spacial score (nSPS) is 9.87. The molecule has 0 saturated carbocycles. The zero-order valence-corrected chi connectivity index (χ0v) is 8.15. The molecule has 76 valence electrons. The summed E-state index contributed by atoms with van der Waals surface area (Å²) in [4.78, 5) is 10.7. The number of rotatable bonds is 4. The number of nitroso groups, excluding NO2 is 1. The Morgan fingerprint density at radius 1 is 1.07 bits per heavy atom. The third-order valence-corrected chi connectivity index (χ3v) is 2.12. The van der Waals surface area contributed by atoms with Crippen LogP contribution in [0.2, 0.25) is 0 Å². The first-order valence-corrected chi connectivity index (χ1v) is 4.68. The molecule has 0 spiro atoms. The minimum absolute atomic E-state index is 0.471. The molecule has 0 atom stereocenters. The van der Waals surface area contributed by atoms with Gasteiger partial charge in [-0.1, -0.05) is 30.3 Å². The predicted molar refractivity (Wildman–Crippen MR) is 58.6 cm³/mol. The summed E-state index contributed by atoms with van der Waals surface area (Å²) in [6.45, 7) is 0.471. The fraction of sp³-hybridized carbons (Fsp3) is 0.0909. The second kappa shape index (κ2) is 4.41. The highest BCUT2D eigenvalue weighted by atomic mass is 16.3. The van der Waals surface area contributed by atoms with Crippen molar-refractivity contribution < 1.29 is 0 Å². The van der Waals surface area contributed by atoms with E-state index < -0.39 is 0 Å². The van der Waals surface area contributed by atoms with E-state index in [9.17, 15) is 4.91 Å². The Bertz CT molecular complexity index is 411. The Morgan fingerprint density at radius 3 is 2.33 bits per heavy atom. The van der Waals surface area contributed by atoms with Crippen LogP contribution in [0, 0.1) is 4.91 Å². The van der Waals surface area contributed by atoms with Crippen LogP contribution in [-0.4, -0.2) is 4.68 Å². The molecule has 1 aromatic heterocycles. The zero-order valence-electron chi connectivity index (χ0n) is 8.15. The lowest BCUT2D eigenvalue weighted by atomic mass is 10.2. The first kappa shape index (κ1) is 9.45. The number of hydrogen-bond acceptors (Lipinski definition) is 2. The molecule has 0 saturated heterocycles. The fourth-order valence-corrected chi connectivity index (χ4v) is 1.38.